The number of nitrogens with zero attached hydrogens (tertiary/aromatic N) is 2. The number of carbonyl (C=O) groups is 2. The molecule has 2 aromatic carbocycles. The fourth-order valence-electron chi connectivity index (χ4n) is 4.27. The van der Waals surface area contributed by atoms with Crippen LogP contribution in [0.1, 0.15) is 31.4 Å². The Morgan fingerprint density at radius 1 is 1.16 bits per heavy atom. The Balaban J connectivity index is 1.61. The second-order valence-electron chi connectivity index (χ2n) is 8.37. The molecule has 2 atom stereocenters. The molecule has 1 N–H and O–H groups in total. The molecule has 2 aliphatic rings. The SMILES string of the molecule is COC(=O)N[C@H](C(=O)N1c2ccccc2C[C@H]1C1=NC=C(c2ccc(Br)cc2)C1)C(C)C. The number of halogens is 1. The normalized spacial score (nSPS) is 18.2. The number of para-hydroxylation sites is 1. The van der Waals surface area contributed by atoms with E-state index in [4.69, 9.17) is 9.73 Å². The van der Waals surface area contributed by atoms with Crippen molar-refractivity contribution in [3.63, 3.8) is 0 Å². The van der Waals surface area contributed by atoms with Gasteiger partial charge >= 0.3 is 6.09 Å². The van der Waals surface area contributed by atoms with Crippen molar-refractivity contribution in [1.29, 1.82) is 0 Å². The molecule has 0 spiro atoms. The molecule has 0 saturated heterocycles. The van der Waals surface area contributed by atoms with Crippen LogP contribution < -0.4 is 10.2 Å². The van der Waals surface area contributed by atoms with Crippen molar-refractivity contribution in [2.45, 2.75) is 38.8 Å². The summed E-state index contributed by atoms with van der Waals surface area (Å²) < 4.78 is 5.78. The number of nitrogens with one attached hydrogen (secondary N) is 1. The Morgan fingerprint density at radius 3 is 2.56 bits per heavy atom. The number of benzene rings is 2. The standard InChI is InChI=1S/C25H26BrN3O3/c1-15(2)23(28-25(31)32-3)24(30)29-21-7-5-4-6-17(21)13-22(29)20-12-18(14-27-20)16-8-10-19(26)11-9-16/h4-11,14-15,22-23H,12-13H2,1-3H3,(H,28,31)/t22-,23-/m0/s1. The van der Waals surface area contributed by atoms with Crippen LogP contribution in [-0.4, -0.2) is 36.9 Å². The first-order chi connectivity index (χ1) is 15.4. The Labute approximate surface area is 196 Å². The van der Waals surface area contributed by atoms with E-state index in [1.165, 1.54) is 7.11 Å². The number of anilines is 1. The first kappa shape index (κ1) is 22.3. The topological polar surface area (TPSA) is 71.0 Å². The van der Waals surface area contributed by atoms with Crippen molar-refractivity contribution in [3.05, 3.63) is 70.3 Å². The van der Waals surface area contributed by atoms with Gasteiger partial charge < -0.3 is 15.0 Å². The molecule has 2 aromatic rings. The highest BCUT2D eigenvalue weighted by Crippen LogP contribution is 2.37. The number of rotatable bonds is 5. The number of hydrogen-bond donors (Lipinski definition) is 1. The van der Waals surface area contributed by atoms with Crippen LogP contribution in [-0.2, 0) is 16.0 Å². The van der Waals surface area contributed by atoms with E-state index in [0.717, 1.165) is 32.6 Å². The molecule has 4 rings (SSSR count). The van der Waals surface area contributed by atoms with Crippen molar-refractivity contribution >= 4 is 44.9 Å². The van der Waals surface area contributed by atoms with E-state index in [1.807, 2.05) is 61.3 Å². The first-order valence-corrected chi connectivity index (χ1v) is 11.5. The molecular formula is C25H26BrN3O3. The van der Waals surface area contributed by atoms with Crippen molar-refractivity contribution in [3.8, 4) is 0 Å². The van der Waals surface area contributed by atoms with E-state index >= 15 is 0 Å². The van der Waals surface area contributed by atoms with Gasteiger partial charge in [-0.05, 0) is 40.8 Å². The molecule has 0 saturated carbocycles. The molecule has 2 heterocycles. The van der Waals surface area contributed by atoms with Crippen molar-refractivity contribution in [2.75, 3.05) is 12.0 Å². The van der Waals surface area contributed by atoms with Gasteiger partial charge in [0.05, 0.1) is 13.2 Å². The summed E-state index contributed by atoms with van der Waals surface area (Å²) in [5.74, 6) is -0.253. The van der Waals surface area contributed by atoms with Crippen LogP contribution in [0.2, 0.25) is 0 Å². The minimum Gasteiger partial charge on any atom is -0.453 e. The van der Waals surface area contributed by atoms with E-state index in [9.17, 15) is 9.59 Å². The van der Waals surface area contributed by atoms with Crippen LogP contribution >= 0.6 is 15.9 Å². The molecule has 0 fully saturated rings. The number of ether oxygens (including phenoxy) is 1. The summed E-state index contributed by atoms with van der Waals surface area (Å²) in [7, 11) is 1.30. The summed E-state index contributed by atoms with van der Waals surface area (Å²) in [5, 5.41) is 2.71. The smallest absolute Gasteiger partial charge is 0.407 e. The summed E-state index contributed by atoms with van der Waals surface area (Å²) in [6.45, 7) is 3.82. The number of amides is 2. The van der Waals surface area contributed by atoms with Gasteiger partial charge in [-0.25, -0.2) is 4.79 Å². The molecule has 0 bridgehead atoms. The summed E-state index contributed by atoms with van der Waals surface area (Å²) in [6.07, 6.45) is 2.67. The second-order valence-corrected chi connectivity index (χ2v) is 9.29. The maximum Gasteiger partial charge on any atom is 0.407 e. The van der Waals surface area contributed by atoms with Crippen LogP contribution in [0.25, 0.3) is 5.57 Å². The Morgan fingerprint density at radius 2 is 1.88 bits per heavy atom. The monoisotopic (exact) mass is 495 g/mol. The number of aliphatic imine (C=N–C) groups is 1. The average Bonchev–Trinajstić information content (AvgIpc) is 3.42. The number of hydrogen-bond acceptors (Lipinski definition) is 4. The van der Waals surface area contributed by atoms with Gasteiger partial charge in [-0.3, -0.25) is 9.79 Å². The van der Waals surface area contributed by atoms with E-state index in [2.05, 4.69) is 33.4 Å². The lowest BCUT2D eigenvalue weighted by Crippen LogP contribution is -2.54. The molecule has 0 aliphatic carbocycles. The van der Waals surface area contributed by atoms with Gasteiger partial charge in [0, 0.05) is 34.9 Å². The zero-order chi connectivity index (χ0) is 22.8. The summed E-state index contributed by atoms with van der Waals surface area (Å²) >= 11 is 3.48. The van der Waals surface area contributed by atoms with E-state index in [-0.39, 0.29) is 17.9 Å². The third kappa shape index (κ3) is 4.35. The highest BCUT2D eigenvalue weighted by Gasteiger charge is 2.41. The molecule has 0 unspecified atom stereocenters. The number of fused-ring (bicyclic) bond motifs is 1. The third-order valence-corrected chi connectivity index (χ3v) is 6.49. The van der Waals surface area contributed by atoms with Crippen LogP contribution in [0, 0.1) is 5.92 Å². The predicted octanol–water partition coefficient (Wildman–Crippen LogP) is 4.97. The van der Waals surface area contributed by atoms with Crippen LogP contribution in [0.5, 0.6) is 0 Å². The lowest BCUT2D eigenvalue weighted by Gasteiger charge is -2.31. The maximum absolute atomic E-state index is 13.7. The number of carbonyl (C=O) groups excluding carboxylic acids is 2. The van der Waals surface area contributed by atoms with E-state index < -0.39 is 12.1 Å². The number of alkyl carbamates (subject to hydrolysis) is 1. The van der Waals surface area contributed by atoms with Crippen LogP contribution in [0.4, 0.5) is 10.5 Å². The van der Waals surface area contributed by atoms with Gasteiger partial charge in [0.25, 0.3) is 5.91 Å². The lowest BCUT2D eigenvalue weighted by molar-refractivity contribution is -0.121. The summed E-state index contributed by atoms with van der Waals surface area (Å²) in [5.41, 5.74) is 5.18. The van der Waals surface area contributed by atoms with Gasteiger partial charge in [0.1, 0.15) is 6.04 Å². The summed E-state index contributed by atoms with van der Waals surface area (Å²) in [4.78, 5) is 32.2. The second kappa shape index (κ2) is 9.28. The van der Waals surface area contributed by atoms with Gasteiger partial charge in [0.15, 0.2) is 0 Å². The number of methoxy groups -OCH3 is 1. The van der Waals surface area contributed by atoms with E-state index in [0.29, 0.717) is 12.8 Å². The van der Waals surface area contributed by atoms with Gasteiger partial charge in [-0.1, -0.05) is 60.1 Å². The molecule has 166 valence electrons. The Kier molecular flexibility index (Phi) is 6.46. The highest BCUT2D eigenvalue weighted by molar-refractivity contribution is 9.10. The maximum atomic E-state index is 13.7. The zero-order valence-corrected chi connectivity index (χ0v) is 19.9. The minimum absolute atomic E-state index is 0.100. The molecule has 6 nitrogen and oxygen atoms in total. The summed E-state index contributed by atoms with van der Waals surface area (Å²) in [6, 6.07) is 15.2. The van der Waals surface area contributed by atoms with E-state index in [1.54, 1.807) is 0 Å². The Hall–Kier alpha value is -2.93. The fraction of sp³-hybridized carbons (Fsp3) is 0.320. The molecule has 0 radical (unpaired) electrons. The van der Waals surface area contributed by atoms with Gasteiger partial charge in [-0.2, -0.15) is 0 Å². The molecule has 7 heteroatoms. The molecule has 0 aromatic heterocycles. The van der Waals surface area contributed by atoms with Crippen molar-refractivity contribution < 1.29 is 14.3 Å². The lowest BCUT2D eigenvalue weighted by atomic mass is 9.97. The van der Waals surface area contributed by atoms with Crippen LogP contribution in [0.15, 0.2) is 64.2 Å². The highest BCUT2D eigenvalue weighted by atomic mass is 79.9. The zero-order valence-electron chi connectivity index (χ0n) is 18.3. The quantitative estimate of drug-likeness (QED) is 0.636. The largest absolute Gasteiger partial charge is 0.453 e. The molecule has 2 aliphatic heterocycles. The van der Waals surface area contributed by atoms with Crippen molar-refractivity contribution in [1.82, 2.24) is 5.32 Å². The number of allylic oxidation sites excluding steroid dienone is 1. The van der Waals surface area contributed by atoms with Crippen LogP contribution in [0.3, 0.4) is 0 Å². The van der Waals surface area contributed by atoms with Gasteiger partial charge in [0.2, 0.25) is 0 Å². The predicted molar refractivity (Wildman–Crippen MR) is 130 cm³/mol. The van der Waals surface area contributed by atoms with Gasteiger partial charge in [-0.15, -0.1) is 0 Å². The van der Waals surface area contributed by atoms with Crippen molar-refractivity contribution in [2.24, 2.45) is 10.9 Å². The minimum atomic E-state index is -0.697. The molecule has 32 heavy (non-hydrogen) atoms. The molecular weight excluding hydrogens is 470 g/mol. The fourth-order valence-corrected chi connectivity index (χ4v) is 4.53. The third-order valence-electron chi connectivity index (χ3n) is 5.96. The first-order valence-electron chi connectivity index (χ1n) is 10.7. The molecule has 2 amide bonds. The Bertz CT molecular complexity index is 1090. The average molecular weight is 496 g/mol.